The number of nitrogens with one attached hydrogen (secondary N) is 3. The van der Waals surface area contributed by atoms with Gasteiger partial charge in [0.1, 0.15) is 12.1 Å². The summed E-state index contributed by atoms with van der Waals surface area (Å²) < 4.78 is 37.6. The van der Waals surface area contributed by atoms with Gasteiger partial charge in [0.05, 0.1) is 18.2 Å². The van der Waals surface area contributed by atoms with E-state index >= 15 is 0 Å². The molecule has 8 nitrogen and oxygen atoms in total. The van der Waals surface area contributed by atoms with E-state index in [0.717, 1.165) is 24.3 Å². The number of amides is 4. The van der Waals surface area contributed by atoms with Crippen molar-refractivity contribution in [1.82, 2.24) is 15.5 Å². The number of fused-ring (bicyclic) bond motifs is 1. The van der Waals surface area contributed by atoms with Gasteiger partial charge in [-0.1, -0.05) is 0 Å². The number of anilines is 1. The first-order valence-electron chi connectivity index (χ1n) is 8.15. The minimum absolute atomic E-state index is 0.105. The maximum absolute atomic E-state index is 12.5. The fraction of sp³-hybridized carbons (Fsp3) is 0.438. The summed E-state index contributed by atoms with van der Waals surface area (Å²) in [6, 6.07) is 1.08. The molecule has 0 radical (unpaired) electrons. The van der Waals surface area contributed by atoms with Gasteiger partial charge in [-0.05, 0) is 30.7 Å². The fourth-order valence-electron chi connectivity index (χ4n) is 3.18. The van der Waals surface area contributed by atoms with Crippen LogP contribution in [0.15, 0.2) is 24.3 Å². The zero-order chi connectivity index (χ0) is 19.8. The Morgan fingerprint density at radius 2 is 1.93 bits per heavy atom. The van der Waals surface area contributed by atoms with Crippen molar-refractivity contribution < 1.29 is 32.7 Å². The standard InChI is InChI=1S/C16H17F3N4O4/c17-16(18,19)8-1-3-9(4-2-8)20-15(27)21-10-5-12-13(25)22-11(7-24)14(26)23(12)6-10/h1-4,10-12,24H,5-7H2,(H,22,25)(H2,20,21,27)/t10-,11+,12-/m0/s1. The quantitative estimate of drug-likeness (QED) is 0.598. The van der Waals surface area contributed by atoms with E-state index in [1.165, 1.54) is 4.90 Å². The molecule has 4 amide bonds. The molecule has 11 heteroatoms. The zero-order valence-corrected chi connectivity index (χ0v) is 13.9. The van der Waals surface area contributed by atoms with E-state index < -0.39 is 54.3 Å². The number of hydrogen-bond acceptors (Lipinski definition) is 4. The molecule has 3 atom stereocenters. The van der Waals surface area contributed by atoms with E-state index in [4.69, 9.17) is 5.11 Å². The second kappa shape index (κ2) is 7.06. The molecule has 0 aliphatic carbocycles. The Morgan fingerprint density at radius 1 is 1.26 bits per heavy atom. The maximum atomic E-state index is 12.5. The van der Waals surface area contributed by atoms with Crippen LogP contribution in [0.4, 0.5) is 23.7 Å². The van der Waals surface area contributed by atoms with E-state index in [9.17, 15) is 27.6 Å². The summed E-state index contributed by atoms with van der Waals surface area (Å²) in [4.78, 5) is 37.5. The number of rotatable bonds is 3. The van der Waals surface area contributed by atoms with Crippen LogP contribution in [0, 0.1) is 0 Å². The van der Waals surface area contributed by atoms with E-state index in [2.05, 4.69) is 16.0 Å². The Morgan fingerprint density at radius 3 is 2.52 bits per heavy atom. The average molecular weight is 386 g/mol. The number of halogens is 3. The third-order valence-electron chi connectivity index (χ3n) is 4.49. The molecule has 0 saturated carbocycles. The molecular weight excluding hydrogens is 369 g/mol. The van der Waals surface area contributed by atoms with Crippen molar-refractivity contribution in [3.05, 3.63) is 29.8 Å². The van der Waals surface area contributed by atoms with Crippen molar-refractivity contribution in [2.24, 2.45) is 0 Å². The van der Waals surface area contributed by atoms with Crippen molar-refractivity contribution in [3.63, 3.8) is 0 Å². The molecule has 1 aromatic carbocycles. The van der Waals surface area contributed by atoms with Gasteiger partial charge in [0, 0.05) is 12.2 Å². The van der Waals surface area contributed by atoms with E-state index in [-0.39, 0.29) is 18.7 Å². The van der Waals surface area contributed by atoms with Crippen LogP contribution in [-0.2, 0) is 15.8 Å². The van der Waals surface area contributed by atoms with Crippen molar-refractivity contribution in [2.75, 3.05) is 18.5 Å². The number of carbonyl (C=O) groups is 3. The Hall–Kier alpha value is -2.82. The number of aliphatic hydroxyl groups is 1. The van der Waals surface area contributed by atoms with Gasteiger partial charge in [0.25, 0.3) is 0 Å². The molecule has 27 heavy (non-hydrogen) atoms. The number of alkyl halides is 3. The molecule has 4 N–H and O–H groups in total. The predicted molar refractivity (Wildman–Crippen MR) is 86.5 cm³/mol. The Balaban J connectivity index is 1.58. The Kier molecular flexibility index (Phi) is 4.96. The average Bonchev–Trinajstić information content (AvgIpc) is 3.02. The fourth-order valence-corrected chi connectivity index (χ4v) is 3.18. The first-order valence-corrected chi connectivity index (χ1v) is 8.15. The molecule has 1 aromatic rings. The summed E-state index contributed by atoms with van der Waals surface area (Å²) in [5, 5.41) is 16.6. The lowest BCUT2D eigenvalue weighted by molar-refractivity contribution is -0.148. The highest BCUT2D eigenvalue weighted by Gasteiger charge is 2.46. The van der Waals surface area contributed by atoms with Crippen LogP contribution in [0.25, 0.3) is 0 Å². The van der Waals surface area contributed by atoms with Gasteiger partial charge in [-0.15, -0.1) is 0 Å². The van der Waals surface area contributed by atoms with Crippen LogP contribution in [-0.4, -0.2) is 59.1 Å². The van der Waals surface area contributed by atoms with E-state index in [1.54, 1.807) is 0 Å². The van der Waals surface area contributed by atoms with Crippen LogP contribution < -0.4 is 16.0 Å². The minimum atomic E-state index is -4.46. The first-order chi connectivity index (χ1) is 12.7. The number of aliphatic hydroxyl groups excluding tert-OH is 1. The van der Waals surface area contributed by atoms with Crippen molar-refractivity contribution >= 4 is 23.5 Å². The first kappa shape index (κ1) is 19.0. The van der Waals surface area contributed by atoms with Gasteiger partial charge in [-0.3, -0.25) is 9.59 Å². The highest BCUT2D eigenvalue weighted by Crippen LogP contribution is 2.29. The van der Waals surface area contributed by atoms with Crippen LogP contribution >= 0.6 is 0 Å². The van der Waals surface area contributed by atoms with Crippen molar-refractivity contribution in [3.8, 4) is 0 Å². The second-order valence-electron chi connectivity index (χ2n) is 6.36. The summed E-state index contributed by atoms with van der Waals surface area (Å²) in [5.41, 5.74) is -0.658. The number of nitrogens with zero attached hydrogens (tertiary/aromatic N) is 1. The van der Waals surface area contributed by atoms with Crippen molar-refractivity contribution in [2.45, 2.75) is 30.7 Å². The molecule has 2 heterocycles. The lowest BCUT2D eigenvalue weighted by Crippen LogP contribution is -2.62. The highest BCUT2D eigenvalue weighted by molar-refractivity contribution is 5.98. The monoisotopic (exact) mass is 386 g/mol. The van der Waals surface area contributed by atoms with Gasteiger partial charge in [0.2, 0.25) is 11.8 Å². The smallest absolute Gasteiger partial charge is 0.394 e. The molecule has 2 saturated heterocycles. The minimum Gasteiger partial charge on any atom is -0.394 e. The summed E-state index contributed by atoms with van der Waals surface area (Å²) in [6.07, 6.45) is -4.26. The van der Waals surface area contributed by atoms with Crippen molar-refractivity contribution in [1.29, 1.82) is 0 Å². The largest absolute Gasteiger partial charge is 0.416 e. The molecule has 146 valence electrons. The third-order valence-corrected chi connectivity index (χ3v) is 4.49. The molecule has 2 fully saturated rings. The summed E-state index contributed by atoms with van der Waals surface area (Å²) in [6.45, 7) is -0.409. The molecule has 0 aromatic heterocycles. The van der Waals surface area contributed by atoms with Crippen LogP contribution in [0.2, 0.25) is 0 Å². The lowest BCUT2D eigenvalue weighted by atomic mass is 10.1. The second-order valence-corrected chi connectivity index (χ2v) is 6.36. The summed E-state index contributed by atoms with van der Waals surface area (Å²) in [7, 11) is 0. The number of piperazine rings is 1. The summed E-state index contributed by atoms with van der Waals surface area (Å²) in [5.74, 6) is -0.823. The molecule has 2 aliphatic heterocycles. The molecular formula is C16H17F3N4O4. The van der Waals surface area contributed by atoms with E-state index in [1.807, 2.05) is 0 Å². The van der Waals surface area contributed by atoms with Gasteiger partial charge < -0.3 is 26.0 Å². The maximum Gasteiger partial charge on any atom is 0.416 e. The predicted octanol–water partition coefficient (Wildman–Crippen LogP) is 0.287. The van der Waals surface area contributed by atoms with Gasteiger partial charge in [-0.25, -0.2) is 4.79 Å². The molecule has 3 rings (SSSR count). The third kappa shape index (κ3) is 3.97. The number of benzene rings is 1. The molecule has 0 bridgehead atoms. The summed E-state index contributed by atoms with van der Waals surface area (Å²) >= 11 is 0. The number of carbonyl (C=O) groups excluding carboxylic acids is 3. The van der Waals surface area contributed by atoms with Crippen LogP contribution in [0.5, 0.6) is 0 Å². The lowest BCUT2D eigenvalue weighted by Gasteiger charge is -2.33. The zero-order valence-electron chi connectivity index (χ0n) is 13.9. The topological polar surface area (TPSA) is 111 Å². The Labute approximate surface area is 151 Å². The Bertz CT molecular complexity index is 753. The van der Waals surface area contributed by atoms with Crippen LogP contribution in [0.3, 0.4) is 0 Å². The van der Waals surface area contributed by atoms with Crippen LogP contribution in [0.1, 0.15) is 12.0 Å². The van der Waals surface area contributed by atoms with Gasteiger partial charge in [0.15, 0.2) is 0 Å². The van der Waals surface area contributed by atoms with Gasteiger partial charge >= 0.3 is 12.2 Å². The number of urea groups is 1. The SMILES string of the molecule is O=C(Nc1ccc(C(F)(F)F)cc1)N[C@H]1C[C@H]2C(=O)N[C@H](CO)C(=O)N2C1. The normalized spacial score (nSPS) is 25.0. The highest BCUT2D eigenvalue weighted by atomic mass is 19.4. The molecule has 0 spiro atoms. The van der Waals surface area contributed by atoms with E-state index in [0.29, 0.717) is 0 Å². The molecule has 2 aliphatic rings. The number of hydrogen-bond donors (Lipinski definition) is 4. The van der Waals surface area contributed by atoms with Gasteiger partial charge in [-0.2, -0.15) is 13.2 Å². The molecule has 0 unspecified atom stereocenters.